The lowest BCUT2D eigenvalue weighted by Gasteiger charge is -2.24. The van der Waals surface area contributed by atoms with Crippen molar-refractivity contribution in [3.8, 4) is 0 Å². The zero-order chi connectivity index (χ0) is 12.8. The Bertz CT molecular complexity index is 435. The quantitative estimate of drug-likeness (QED) is 0.792. The van der Waals surface area contributed by atoms with Crippen molar-refractivity contribution in [1.82, 2.24) is 5.32 Å². The fourth-order valence-corrected chi connectivity index (χ4v) is 3.57. The average molecular weight is 243 g/mol. The summed E-state index contributed by atoms with van der Waals surface area (Å²) >= 11 is 0. The number of nitrogens with one attached hydrogen (secondary N) is 1. The van der Waals surface area contributed by atoms with Crippen molar-refractivity contribution in [1.29, 1.82) is 0 Å². The number of rotatable bonds is 1. The Morgan fingerprint density at radius 1 is 1.17 bits per heavy atom. The van der Waals surface area contributed by atoms with E-state index in [0.717, 1.165) is 12.0 Å². The minimum atomic E-state index is 0.269. The maximum Gasteiger partial charge on any atom is 0.0136 e. The summed E-state index contributed by atoms with van der Waals surface area (Å²) in [5, 5.41) is 3.70. The molecule has 1 aromatic carbocycles. The summed E-state index contributed by atoms with van der Waals surface area (Å²) in [6, 6.07) is 7.95. The van der Waals surface area contributed by atoms with Gasteiger partial charge in [-0.25, -0.2) is 0 Å². The summed E-state index contributed by atoms with van der Waals surface area (Å²) in [4.78, 5) is 0. The third-order valence-electron chi connectivity index (χ3n) is 4.72. The molecule has 0 saturated carbocycles. The molecule has 0 radical (unpaired) electrons. The molecule has 98 valence electrons. The largest absolute Gasteiger partial charge is 0.313 e. The van der Waals surface area contributed by atoms with Gasteiger partial charge in [0.2, 0.25) is 0 Å². The Labute approximate surface area is 111 Å². The standard InChI is InChI=1S/C17H25N/c1-17(2,3)13-8-6-12-7-9-14(15(12)11-13)16-5-4-10-18-16/h6,8,11,14,16,18H,4-5,7,9-10H2,1-3H3. The first-order valence-corrected chi connectivity index (χ1v) is 7.42. The Hall–Kier alpha value is -0.820. The van der Waals surface area contributed by atoms with Crippen LogP contribution in [0.1, 0.15) is 62.6 Å². The maximum atomic E-state index is 3.70. The second kappa shape index (κ2) is 4.38. The molecule has 2 atom stereocenters. The molecule has 0 spiro atoms. The van der Waals surface area contributed by atoms with Gasteiger partial charge in [-0.15, -0.1) is 0 Å². The normalized spacial score (nSPS) is 27.5. The predicted molar refractivity (Wildman–Crippen MR) is 77.2 cm³/mol. The zero-order valence-corrected chi connectivity index (χ0v) is 11.9. The number of hydrogen-bond acceptors (Lipinski definition) is 1. The van der Waals surface area contributed by atoms with E-state index in [4.69, 9.17) is 0 Å². The Balaban J connectivity index is 1.93. The van der Waals surface area contributed by atoms with Crippen molar-refractivity contribution in [2.24, 2.45) is 0 Å². The molecule has 0 aromatic heterocycles. The van der Waals surface area contributed by atoms with Gasteiger partial charge in [-0.2, -0.15) is 0 Å². The van der Waals surface area contributed by atoms with E-state index in [2.05, 4.69) is 44.3 Å². The molecule has 1 N–H and O–H groups in total. The molecule has 0 amide bonds. The minimum Gasteiger partial charge on any atom is -0.313 e. The zero-order valence-electron chi connectivity index (χ0n) is 11.9. The Morgan fingerprint density at radius 2 is 2.00 bits per heavy atom. The van der Waals surface area contributed by atoms with Gasteiger partial charge in [0.25, 0.3) is 0 Å². The van der Waals surface area contributed by atoms with Crippen molar-refractivity contribution >= 4 is 0 Å². The molecule has 2 unspecified atom stereocenters. The molecule has 1 heterocycles. The Kier molecular flexibility index (Phi) is 2.97. The van der Waals surface area contributed by atoms with E-state index in [1.807, 2.05) is 0 Å². The van der Waals surface area contributed by atoms with Gasteiger partial charge in [-0.1, -0.05) is 39.0 Å². The van der Waals surface area contributed by atoms with E-state index in [1.54, 1.807) is 11.1 Å². The summed E-state index contributed by atoms with van der Waals surface area (Å²) in [5.41, 5.74) is 5.00. The summed E-state index contributed by atoms with van der Waals surface area (Å²) in [7, 11) is 0. The highest BCUT2D eigenvalue weighted by Crippen LogP contribution is 2.39. The molecule has 1 aromatic rings. The van der Waals surface area contributed by atoms with Crippen LogP contribution in [-0.2, 0) is 11.8 Å². The number of aryl methyl sites for hydroxylation is 1. The van der Waals surface area contributed by atoms with Crippen molar-refractivity contribution in [2.45, 2.75) is 63.8 Å². The van der Waals surface area contributed by atoms with Crippen LogP contribution in [-0.4, -0.2) is 12.6 Å². The average Bonchev–Trinajstić information content (AvgIpc) is 2.95. The lowest BCUT2D eigenvalue weighted by Crippen LogP contribution is -2.27. The van der Waals surface area contributed by atoms with Gasteiger partial charge in [0.15, 0.2) is 0 Å². The first-order chi connectivity index (χ1) is 8.55. The molecular formula is C17H25N. The molecule has 18 heavy (non-hydrogen) atoms. The highest BCUT2D eigenvalue weighted by Gasteiger charge is 2.32. The van der Waals surface area contributed by atoms with E-state index >= 15 is 0 Å². The third-order valence-corrected chi connectivity index (χ3v) is 4.72. The lowest BCUT2D eigenvalue weighted by molar-refractivity contribution is 0.484. The first kappa shape index (κ1) is 12.2. The first-order valence-electron chi connectivity index (χ1n) is 7.42. The lowest BCUT2D eigenvalue weighted by atomic mass is 9.83. The molecule has 1 aliphatic carbocycles. The Morgan fingerprint density at radius 3 is 2.67 bits per heavy atom. The van der Waals surface area contributed by atoms with Crippen molar-refractivity contribution in [3.05, 3.63) is 34.9 Å². The molecule has 1 nitrogen and oxygen atoms in total. The molecule has 1 aliphatic heterocycles. The van der Waals surface area contributed by atoms with Gasteiger partial charge in [0, 0.05) is 6.04 Å². The van der Waals surface area contributed by atoms with Crippen LogP contribution in [0.15, 0.2) is 18.2 Å². The SMILES string of the molecule is CC(C)(C)c1ccc2c(c1)C(C1CCCN1)CC2. The summed E-state index contributed by atoms with van der Waals surface area (Å²) in [6.45, 7) is 8.15. The van der Waals surface area contributed by atoms with E-state index in [0.29, 0.717) is 0 Å². The van der Waals surface area contributed by atoms with Crippen LogP contribution in [0.2, 0.25) is 0 Å². The number of hydrogen-bond donors (Lipinski definition) is 1. The van der Waals surface area contributed by atoms with Crippen LogP contribution in [0.3, 0.4) is 0 Å². The van der Waals surface area contributed by atoms with Crippen molar-refractivity contribution < 1.29 is 0 Å². The molecule has 2 aliphatic rings. The van der Waals surface area contributed by atoms with Crippen LogP contribution in [0.25, 0.3) is 0 Å². The highest BCUT2D eigenvalue weighted by molar-refractivity contribution is 5.41. The number of benzene rings is 1. The third kappa shape index (κ3) is 2.09. The van der Waals surface area contributed by atoms with Gasteiger partial charge >= 0.3 is 0 Å². The second-order valence-corrected chi connectivity index (χ2v) is 7.01. The summed E-state index contributed by atoms with van der Waals surface area (Å²) in [6.07, 6.45) is 5.35. The highest BCUT2D eigenvalue weighted by atomic mass is 14.9. The summed E-state index contributed by atoms with van der Waals surface area (Å²) < 4.78 is 0. The van der Waals surface area contributed by atoms with Crippen LogP contribution in [0, 0.1) is 0 Å². The van der Waals surface area contributed by atoms with Crippen LogP contribution in [0.4, 0.5) is 0 Å². The molecule has 1 heteroatoms. The molecule has 3 rings (SSSR count). The van der Waals surface area contributed by atoms with Crippen LogP contribution < -0.4 is 5.32 Å². The van der Waals surface area contributed by atoms with E-state index in [9.17, 15) is 0 Å². The topological polar surface area (TPSA) is 12.0 Å². The van der Waals surface area contributed by atoms with Gasteiger partial charge in [0.1, 0.15) is 0 Å². The number of fused-ring (bicyclic) bond motifs is 1. The van der Waals surface area contributed by atoms with Crippen LogP contribution >= 0.6 is 0 Å². The predicted octanol–water partition coefficient (Wildman–Crippen LogP) is 3.77. The van der Waals surface area contributed by atoms with E-state index < -0.39 is 0 Å². The van der Waals surface area contributed by atoms with E-state index in [-0.39, 0.29) is 5.41 Å². The smallest absolute Gasteiger partial charge is 0.0136 e. The fraction of sp³-hybridized carbons (Fsp3) is 0.647. The molecular weight excluding hydrogens is 218 g/mol. The molecule has 1 fully saturated rings. The maximum absolute atomic E-state index is 3.70. The van der Waals surface area contributed by atoms with Gasteiger partial charge in [0.05, 0.1) is 0 Å². The van der Waals surface area contributed by atoms with Gasteiger partial charge in [-0.05, 0) is 60.3 Å². The van der Waals surface area contributed by atoms with E-state index in [1.165, 1.54) is 37.8 Å². The second-order valence-electron chi connectivity index (χ2n) is 7.01. The van der Waals surface area contributed by atoms with Crippen LogP contribution in [0.5, 0.6) is 0 Å². The fourth-order valence-electron chi connectivity index (χ4n) is 3.57. The van der Waals surface area contributed by atoms with Gasteiger partial charge < -0.3 is 5.32 Å². The minimum absolute atomic E-state index is 0.269. The molecule has 0 bridgehead atoms. The summed E-state index contributed by atoms with van der Waals surface area (Å²) in [5.74, 6) is 0.768. The monoisotopic (exact) mass is 243 g/mol. The van der Waals surface area contributed by atoms with Crippen molar-refractivity contribution in [3.63, 3.8) is 0 Å². The molecule has 1 saturated heterocycles. The van der Waals surface area contributed by atoms with Gasteiger partial charge in [-0.3, -0.25) is 0 Å². The van der Waals surface area contributed by atoms with Crippen molar-refractivity contribution in [2.75, 3.05) is 6.54 Å².